The Hall–Kier alpha value is -1.86. The van der Waals surface area contributed by atoms with Gasteiger partial charge in [0, 0.05) is 17.4 Å². The summed E-state index contributed by atoms with van der Waals surface area (Å²) in [4.78, 5) is 11.5. The third-order valence-corrected chi connectivity index (χ3v) is 5.07. The maximum atomic E-state index is 11.5. The molecule has 0 amide bonds. The molecule has 1 saturated heterocycles. The Morgan fingerprint density at radius 3 is 2.84 bits per heavy atom. The molecule has 1 heterocycles. The van der Waals surface area contributed by atoms with E-state index in [-0.39, 0.29) is 37.3 Å². The van der Waals surface area contributed by atoms with E-state index in [9.17, 15) is 15.0 Å². The van der Waals surface area contributed by atoms with Crippen molar-refractivity contribution in [2.24, 2.45) is 5.92 Å². The lowest BCUT2D eigenvalue weighted by Crippen LogP contribution is -2.23. The second-order valence-electron chi connectivity index (χ2n) is 7.88. The predicted molar refractivity (Wildman–Crippen MR) is 120 cm³/mol. The second kappa shape index (κ2) is 13.5. The van der Waals surface area contributed by atoms with Gasteiger partial charge in [-0.25, -0.2) is 0 Å². The molecule has 4 atom stereocenters. The maximum absolute atomic E-state index is 11.5. The second-order valence-corrected chi connectivity index (χ2v) is 8.31. The summed E-state index contributed by atoms with van der Waals surface area (Å²) in [7, 11) is 0. The van der Waals surface area contributed by atoms with Crippen LogP contribution < -0.4 is 4.74 Å². The molecule has 1 fully saturated rings. The van der Waals surface area contributed by atoms with Crippen molar-refractivity contribution in [1.29, 1.82) is 0 Å². The minimum Gasteiger partial charge on any atom is -0.491 e. The molecule has 2 rings (SSSR count). The number of benzene rings is 1. The van der Waals surface area contributed by atoms with Crippen molar-refractivity contribution in [2.45, 2.75) is 63.9 Å². The summed E-state index contributed by atoms with van der Waals surface area (Å²) in [6.45, 7) is 4.04. The normalized spacial score (nSPS) is 22.5. The first-order valence-corrected chi connectivity index (χ1v) is 11.1. The monoisotopic (exact) mass is 452 g/mol. The van der Waals surface area contributed by atoms with E-state index in [0.29, 0.717) is 23.6 Å². The number of halogens is 1. The molecular weight excluding hydrogens is 420 g/mol. The third-order valence-electron chi connectivity index (χ3n) is 4.83. The van der Waals surface area contributed by atoms with E-state index in [2.05, 4.69) is 0 Å². The summed E-state index contributed by atoms with van der Waals surface area (Å²) in [6.07, 6.45) is 8.24. The summed E-state index contributed by atoms with van der Waals surface area (Å²) in [5, 5.41) is 20.9. The third kappa shape index (κ3) is 9.87. The van der Waals surface area contributed by atoms with Crippen LogP contribution in [0.3, 0.4) is 0 Å². The molecule has 0 radical (unpaired) electrons. The molecule has 0 unspecified atom stereocenters. The smallest absolute Gasteiger partial charge is 0.306 e. The first-order chi connectivity index (χ1) is 14.8. The topological polar surface area (TPSA) is 85.2 Å². The molecule has 7 heteroatoms. The molecule has 0 aliphatic carbocycles. The number of rotatable bonds is 12. The molecule has 6 nitrogen and oxygen atoms in total. The largest absolute Gasteiger partial charge is 0.491 e. The highest BCUT2D eigenvalue weighted by Gasteiger charge is 2.33. The van der Waals surface area contributed by atoms with Gasteiger partial charge in [0.15, 0.2) is 0 Å². The van der Waals surface area contributed by atoms with Crippen LogP contribution >= 0.6 is 11.6 Å². The van der Waals surface area contributed by atoms with Crippen molar-refractivity contribution in [3.63, 3.8) is 0 Å². The lowest BCUT2D eigenvalue weighted by Gasteiger charge is -2.17. The average Bonchev–Trinajstić information content (AvgIpc) is 3.06. The van der Waals surface area contributed by atoms with Crippen LogP contribution in [0.25, 0.3) is 0 Å². The van der Waals surface area contributed by atoms with Crippen molar-refractivity contribution < 1.29 is 29.2 Å². The quantitative estimate of drug-likeness (QED) is 0.367. The van der Waals surface area contributed by atoms with Gasteiger partial charge in [-0.05, 0) is 51.3 Å². The first kappa shape index (κ1) is 25.4. The van der Waals surface area contributed by atoms with Gasteiger partial charge in [-0.15, -0.1) is 0 Å². The van der Waals surface area contributed by atoms with Crippen LogP contribution in [-0.4, -0.2) is 53.8 Å². The Labute approximate surface area is 189 Å². The molecule has 0 aromatic heterocycles. The number of carbonyl (C=O) groups is 1. The van der Waals surface area contributed by atoms with Gasteiger partial charge in [0.1, 0.15) is 18.5 Å². The zero-order chi connectivity index (χ0) is 22.6. The fourth-order valence-electron chi connectivity index (χ4n) is 3.31. The Bertz CT molecular complexity index is 733. The van der Waals surface area contributed by atoms with E-state index in [1.54, 1.807) is 36.4 Å². The van der Waals surface area contributed by atoms with E-state index < -0.39 is 12.2 Å². The number of hydrogen-bond acceptors (Lipinski definition) is 6. The number of aliphatic hydroxyl groups is 2. The molecule has 0 spiro atoms. The summed E-state index contributed by atoms with van der Waals surface area (Å²) in [6, 6.07) is 6.99. The van der Waals surface area contributed by atoms with Crippen LogP contribution in [0.15, 0.2) is 48.6 Å². The number of esters is 1. The van der Waals surface area contributed by atoms with E-state index in [4.69, 9.17) is 25.8 Å². The average molecular weight is 453 g/mol. The number of carbonyl (C=O) groups excluding carboxylic acids is 1. The Morgan fingerprint density at radius 2 is 2.10 bits per heavy atom. The van der Waals surface area contributed by atoms with Crippen molar-refractivity contribution in [1.82, 2.24) is 0 Å². The molecule has 1 aromatic rings. The molecule has 0 bridgehead atoms. The molecule has 1 aromatic carbocycles. The minimum atomic E-state index is -0.800. The lowest BCUT2D eigenvalue weighted by molar-refractivity contribution is -0.147. The lowest BCUT2D eigenvalue weighted by atomic mass is 9.93. The fraction of sp³-hybridized carbons (Fsp3) is 0.542. The van der Waals surface area contributed by atoms with E-state index in [1.165, 1.54) is 0 Å². The Morgan fingerprint density at radius 1 is 1.32 bits per heavy atom. The number of ether oxygens (including phenoxy) is 3. The molecule has 172 valence electrons. The molecule has 1 aliphatic heterocycles. The SMILES string of the molecule is CC(C)OC(=O)CCC=CCC[C@H]1[C@@H](O)CO[C@@H]1C=C[C@@H](O)COc1cccc(Cl)c1. The van der Waals surface area contributed by atoms with Crippen LogP contribution in [0.1, 0.15) is 39.5 Å². The van der Waals surface area contributed by atoms with Crippen LogP contribution in [0.5, 0.6) is 5.75 Å². The highest BCUT2D eigenvalue weighted by Crippen LogP contribution is 2.27. The van der Waals surface area contributed by atoms with Gasteiger partial charge in [0.05, 0.1) is 24.9 Å². The summed E-state index contributed by atoms with van der Waals surface area (Å²) >= 11 is 5.92. The molecule has 0 saturated carbocycles. The van der Waals surface area contributed by atoms with Crippen LogP contribution in [0, 0.1) is 5.92 Å². The van der Waals surface area contributed by atoms with Gasteiger partial charge in [-0.3, -0.25) is 4.79 Å². The number of hydrogen-bond donors (Lipinski definition) is 2. The van der Waals surface area contributed by atoms with E-state index in [1.807, 2.05) is 26.0 Å². The first-order valence-electron chi connectivity index (χ1n) is 10.7. The fourth-order valence-corrected chi connectivity index (χ4v) is 3.49. The molecule has 1 aliphatic rings. The van der Waals surface area contributed by atoms with E-state index >= 15 is 0 Å². The summed E-state index contributed by atoms with van der Waals surface area (Å²) < 4.78 is 16.3. The van der Waals surface area contributed by atoms with Crippen molar-refractivity contribution in [3.8, 4) is 5.75 Å². The van der Waals surface area contributed by atoms with Crippen molar-refractivity contribution in [2.75, 3.05) is 13.2 Å². The van der Waals surface area contributed by atoms with Gasteiger partial charge in [-0.1, -0.05) is 42.0 Å². The summed E-state index contributed by atoms with van der Waals surface area (Å²) in [5.74, 6) is 0.352. The standard InChI is InChI=1S/C24H33ClO6/c1-17(2)31-24(28)11-6-4-3-5-10-21-22(27)16-30-23(21)13-12-19(26)15-29-20-9-7-8-18(25)14-20/h3-4,7-9,12-14,17,19,21-23,26-27H,5-6,10-11,15-16H2,1-2H3/t19-,21+,22+,23-/m1/s1. The Balaban J connectivity index is 1.71. The van der Waals surface area contributed by atoms with Gasteiger partial charge in [0.25, 0.3) is 0 Å². The van der Waals surface area contributed by atoms with Crippen LogP contribution in [-0.2, 0) is 14.3 Å². The predicted octanol–water partition coefficient (Wildman–Crippen LogP) is 4.08. The maximum Gasteiger partial charge on any atom is 0.306 e. The zero-order valence-electron chi connectivity index (χ0n) is 18.2. The van der Waals surface area contributed by atoms with E-state index in [0.717, 1.165) is 12.8 Å². The number of aliphatic hydroxyl groups excluding tert-OH is 2. The molecule has 31 heavy (non-hydrogen) atoms. The van der Waals surface area contributed by atoms with Crippen LogP contribution in [0.2, 0.25) is 5.02 Å². The minimum absolute atomic E-state index is 0.0483. The Kier molecular flexibility index (Phi) is 11.1. The molecular formula is C24H33ClO6. The van der Waals surface area contributed by atoms with Crippen LogP contribution in [0.4, 0.5) is 0 Å². The zero-order valence-corrected chi connectivity index (χ0v) is 18.9. The highest BCUT2D eigenvalue weighted by molar-refractivity contribution is 6.30. The van der Waals surface area contributed by atoms with Gasteiger partial charge >= 0.3 is 5.97 Å². The van der Waals surface area contributed by atoms with Gasteiger partial charge in [0.2, 0.25) is 0 Å². The number of allylic oxidation sites excluding steroid dienone is 2. The summed E-state index contributed by atoms with van der Waals surface area (Å²) in [5.41, 5.74) is 0. The van der Waals surface area contributed by atoms with Gasteiger partial charge < -0.3 is 24.4 Å². The molecule has 2 N–H and O–H groups in total. The highest BCUT2D eigenvalue weighted by atomic mass is 35.5. The van der Waals surface area contributed by atoms with Crippen molar-refractivity contribution in [3.05, 3.63) is 53.6 Å². The van der Waals surface area contributed by atoms with Crippen molar-refractivity contribution >= 4 is 17.6 Å². The van der Waals surface area contributed by atoms with Gasteiger partial charge in [-0.2, -0.15) is 0 Å².